The van der Waals surface area contributed by atoms with Gasteiger partial charge in [-0.1, -0.05) is 19.9 Å². The Labute approximate surface area is 118 Å². The molecular formula is C15H22F2N2O. The van der Waals surface area contributed by atoms with Gasteiger partial charge in [0.05, 0.1) is 6.42 Å². The van der Waals surface area contributed by atoms with Crippen LogP contribution in [0.15, 0.2) is 18.2 Å². The van der Waals surface area contributed by atoms with E-state index in [9.17, 15) is 13.6 Å². The highest BCUT2D eigenvalue weighted by atomic mass is 19.1. The van der Waals surface area contributed by atoms with Gasteiger partial charge < -0.3 is 11.1 Å². The summed E-state index contributed by atoms with van der Waals surface area (Å²) >= 11 is 0. The summed E-state index contributed by atoms with van der Waals surface area (Å²) < 4.78 is 26.8. The van der Waals surface area contributed by atoms with Crippen molar-refractivity contribution >= 4 is 5.91 Å². The zero-order valence-electron chi connectivity index (χ0n) is 12.0. The van der Waals surface area contributed by atoms with Crippen LogP contribution in [-0.4, -0.2) is 19.0 Å². The smallest absolute Gasteiger partial charge is 0.224 e. The van der Waals surface area contributed by atoms with Crippen molar-refractivity contribution in [3.63, 3.8) is 0 Å². The summed E-state index contributed by atoms with van der Waals surface area (Å²) in [6.07, 6.45) is 1.48. The van der Waals surface area contributed by atoms with E-state index in [1.165, 1.54) is 6.07 Å². The standard InChI is InChI=1S/C15H22F2N2O/c1-15(2,7-4-8-18)10-19-14(20)9-11-12(16)5-3-6-13(11)17/h3,5-6H,4,7-10,18H2,1-2H3,(H,19,20). The fourth-order valence-electron chi connectivity index (χ4n) is 1.93. The lowest BCUT2D eigenvalue weighted by atomic mass is 9.87. The molecule has 1 aromatic rings. The monoisotopic (exact) mass is 284 g/mol. The Morgan fingerprint density at radius 2 is 1.90 bits per heavy atom. The molecule has 5 heteroatoms. The Morgan fingerprint density at radius 1 is 1.30 bits per heavy atom. The number of carbonyl (C=O) groups is 1. The Balaban J connectivity index is 2.52. The molecule has 0 aliphatic carbocycles. The second-order valence-corrected chi connectivity index (χ2v) is 5.71. The molecule has 0 spiro atoms. The maximum absolute atomic E-state index is 13.4. The molecule has 0 heterocycles. The molecule has 3 N–H and O–H groups in total. The van der Waals surface area contributed by atoms with E-state index in [0.717, 1.165) is 25.0 Å². The fourth-order valence-corrected chi connectivity index (χ4v) is 1.93. The Kier molecular flexibility index (Phi) is 6.07. The lowest BCUT2D eigenvalue weighted by Crippen LogP contribution is -2.35. The predicted octanol–water partition coefficient (Wildman–Crippen LogP) is 2.39. The summed E-state index contributed by atoms with van der Waals surface area (Å²) in [7, 11) is 0. The Bertz CT molecular complexity index is 441. The van der Waals surface area contributed by atoms with Gasteiger partial charge in [0.15, 0.2) is 0 Å². The van der Waals surface area contributed by atoms with Crippen molar-refractivity contribution in [2.45, 2.75) is 33.1 Å². The maximum Gasteiger partial charge on any atom is 0.224 e. The maximum atomic E-state index is 13.4. The molecule has 1 aromatic carbocycles. The van der Waals surface area contributed by atoms with Gasteiger partial charge in [0, 0.05) is 12.1 Å². The zero-order valence-corrected chi connectivity index (χ0v) is 12.0. The molecule has 20 heavy (non-hydrogen) atoms. The first kappa shape index (κ1) is 16.6. The van der Waals surface area contributed by atoms with Gasteiger partial charge in [-0.3, -0.25) is 4.79 Å². The van der Waals surface area contributed by atoms with Gasteiger partial charge in [0.25, 0.3) is 0 Å². The first-order valence-corrected chi connectivity index (χ1v) is 6.75. The van der Waals surface area contributed by atoms with Crippen LogP contribution >= 0.6 is 0 Å². The van der Waals surface area contributed by atoms with E-state index in [4.69, 9.17) is 5.73 Å². The first-order valence-electron chi connectivity index (χ1n) is 6.75. The van der Waals surface area contributed by atoms with Crippen molar-refractivity contribution in [2.24, 2.45) is 11.1 Å². The number of nitrogens with one attached hydrogen (secondary N) is 1. The van der Waals surface area contributed by atoms with Crippen molar-refractivity contribution in [1.29, 1.82) is 0 Å². The van der Waals surface area contributed by atoms with E-state index in [1.54, 1.807) is 0 Å². The third kappa shape index (κ3) is 5.25. The van der Waals surface area contributed by atoms with Crippen LogP contribution in [0, 0.1) is 17.0 Å². The Hall–Kier alpha value is -1.49. The third-order valence-corrected chi connectivity index (χ3v) is 3.22. The van der Waals surface area contributed by atoms with Gasteiger partial charge in [0.2, 0.25) is 5.91 Å². The fraction of sp³-hybridized carbons (Fsp3) is 0.533. The minimum atomic E-state index is -0.692. The van der Waals surface area contributed by atoms with Crippen LogP contribution in [0.3, 0.4) is 0 Å². The zero-order chi connectivity index (χ0) is 15.2. The Morgan fingerprint density at radius 3 is 2.45 bits per heavy atom. The average molecular weight is 284 g/mol. The average Bonchev–Trinajstić information content (AvgIpc) is 2.39. The van der Waals surface area contributed by atoms with E-state index < -0.39 is 11.6 Å². The van der Waals surface area contributed by atoms with Crippen molar-refractivity contribution in [3.8, 4) is 0 Å². The normalized spacial score (nSPS) is 11.4. The summed E-state index contributed by atoms with van der Waals surface area (Å²) in [5.41, 5.74) is 5.19. The molecule has 0 unspecified atom stereocenters. The summed E-state index contributed by atoms with van der Waals surface area (Å²) in [4.78, 5) is 11.8. The van der Waals surface area contributed by atoms with Crippen LogP contribution in [0.1, 0.15) is 32.3 Å². The molecule has 0 aliphatic rings. The van der Waals surface area contributed by atoms with E-state index >= 15 is 0 Å². The number of carbonyl (C=O) groups excluding carboxylic acids is 1. The predicted molar refractivity (Wildman–Crippen MR) is 75.1 cm³/mol. The lowest BCUT2D eigenvalue weighted by molar-refractivity contribution is -0.121. The molecule has 0 aromatic heterocycles. The van der Waals surface area contributed by atoms with E-state index in [-0.39, 0.29) is 23.3 Å². The van der Waals surface area contributed by atoms with Gasteiger partial charge in [-0.15, -0.1) is 0 Å². The van der Waals surface area contributed by atoms with Crippen molar-refractivity contribution in [3.05, 3.63) is 35.4 Å². The minimum absolute atomic E-state index is 0.0805. The number of hydrogen-bond donors (Lipinski definition) is 2. The van der Waals surface area contributed by atoms with Gasteiger partial charge in [-0.2, -0.15) is 0 Å². The number of nitrogens with two attached hydrogens (primary N) is 1. The van der Waals surface area contributed by atoms with Gasteiger partial charge in [-0.25, -0.2) is 8.78 Å². The molecule has 0 radical (unpaired) electrons. The summed E-state index contributed by atoms with van der Waals surface area (Å²) in [5, 5.41) is 2.72. The largest absolute Gasteiger partial charge is 0.355 e. The van der Waals surface area contributed by atoms with Crippen LogP contribution in [0.5, 0.6) is 0 Å². The van der Waals surface area contributed by atoms with Gasteiger partial charge in [-0.05, 0) is 36.9 Å². The molecule has 3 nitrogen and oxygen atoms in total. The molecular weight excluding hydrogens is 262 g/mol. The molecule has 0 atom stereocenters. The molecule has 0 bridgehead atoms. The topological polar surface area (TPSA) is 55.1 Å². The number of halogens is 2. The highest BCUT2D eigenvalue weighted by Gasteiger charge is 2.19. The van der Waals surface area contributed by atoms with E-state index in [0.29, 0.717) is 13.1 Å². The lowest BCUT2D eigenvalue weighted by Gasteiger charge is -2.24. The number of rotatable bonds is 7. The molecule has 0 saturated heterocycles. The molecule has 112 valence electrons. The van der Waals surface area contributed by atoms with Crippen LogP contribution in [0.2, 0.25) is 0 Å². The van der Waals surface area contributed by atoms with Crippen LogP contribution < -0.4 is 11.1 Å². The van der Waals surface area contributed by atoms with Crippen molar-refractivity contribution in [1.82, 2.24) is 5.32 Å². The second kappa shape index (κ2) is 7.33. The first-order chi connectivity index (χ1) is 9.35. The highest BCUT2D eigenvalue weighted by molar-refractivity contribution is 5.78. The number of amides is 1. The third-order valence-electron chi connectivity index (χ3n) is 3.22. The van der Waals surface area contributed by atoms with Crippen LogP contribution in [0.4, 0.5) is 8.78 Å². The van der Waals surface area contributed by atoms with Crippen molar-refractivity contribution in [2.75, 3.05) is 13.1 Å². The SMILES string of the molecule is CC(C)(CCCN)CNC(=O)Cc1c(F)cccc1F. The quantitative estimate of drug-likeness (QED) is 0.807. The molecule has 1 amide bonds. The van der Waals surface area contributed by atoms with E-state index in [2.05, 4.69) is 5.32 Å². The van der Waals surface area contributed by atoms with E-state index in [1.807, 2.05) is 13.8 Å². The minimum Gasteiger partial charge on any atom is -0.355 e. The highest BCUT2D eigenvalue weighted by Crippen LogP contribution is 2.20. The van der Waals surface area contributed by atoms with Crippen LogP contribution in [-0.2, 0) is 11.2 Å². The molecule has 0 fully saturated rings. The van der Waals surface area contributed by atoms with Gasteiger partial charge in [0.1, 0.15) is 11.6 Å². The second-order valence-electron chi connectivity index (χ2n) is 5.71. The molecule has 0 aliphatic heterocycles. The molecule has 0 saturated carbocycles. The summed E-state index contributed by atoms with van der Waals surface area (Å²) in [5.74, 6) is -1.76. The number of hydrogen-bond acceptors (Lipinski definition) is 2. The summed E-state index contributed by atoms with van der Waals surface area (Å²) in [6.45, 7) is 5.11. The molecule has 1 rings (SSSR count). The number of benzene rings is 1. The van der Waals surface area contributed by atoms with Crippen molar-refractivity contribution < 1.29 is 13.6 Å². The van der Waals surface area contributed by atoms with Crippen LogP contribution in [0.25, 0.3) is 0 Å². The van der Waals surface area contributed by atoms with Gasteiger partial charge >= 0.3 is 0 Å². The summed E-state index contributed by atoms with van der Waals surface area (Å²) in [6, 6.07) is 3.58.